The molecule has 0 aliphatic carbocycles. The Labute approximate surface area is 744 Å². The quantitative estimate of drug-likeness (QED) is 0.0114. The van der Waals surface area contributed by atoms with Gasteiger partial charge in [-0.2, -0.15) is 40.4 Å². The summed E-state index contributed by atoms with van der Waals surface area (Å²) < 4.78 is 13.0. The number of carbonyl (C=O) groups excluding carboxylic acids is 4. The van der Waals surface area contributed by atoms with Gasteiger partial charge in [-0.1, -0.05) is 72.7 Å². The Morgan fingerprint density at radius 1 is 0.528 bits per heavy atom. The molecule has 672 valence electrons. The van der Waals surface area contributed by atoms with Crippen LogP contribution in [0.25, 0.3) is 0 Å². The number of nitrogens with one attached hydrogen (secondary N) is 10. The third-order valence-electron chi connectivity index (χ3n) is 20.2. The largest absolute Gasteiger partial charge is 0.460 e. The first-order chi connectivity index (χ1) is 59.1. The van der Waals surface area contributed by atoms with Crippen molar-refractivity contribution in [3.8, 4) is 24.2 Å². The Morgan fingerprint density at radius 3 is 1.28 bits per heavy atom. The van der Waals surface area contributed by atoms with Crippen LogP contribution in [-0.2, 0) is 6.42 Å². The maximum absolute atomic E-state index is 12.2. The van der Waals surface area contributed by atoms with Gasteiger partial charge in [0.1, 0.15) is 51.6 Å². The molecule has 0 unspecified atom stereocenters. The molecule has 10 N–H and O–H groups in total. The minimum atomic E-state index is -0.468. The van der Waals surface area contributed by atoms with E-state index in [1.807, 2.05) is 112 Å². The van der Waals surface area contributed by atoms with Gasteiger partial charge in [-0.25, -0.2) is 9.97 Å². The molecule has 4 amide bonds. The number of likely N-dealkylation sites (tertiary alicyclic amines) is 2. The summed E-state index contributed by atoms with van der Waals surface area (Å²) in [4.78, 5) is 108. The number of aryl methyl sites for hydroxylation is 5. The fraction of sp³-hybridized carbons (Fsp3) is 0.483. The van der Waals surface area contributed by atoms with Gasteiger partial charge in [0.15, 0.2) is 29.1 Å². The third kappa shape index (κ3) is 29.4. The summed E-state index contributed by atoms with van der Waals surface area (Å²) in [7, 11) is 21.9. The highest BCUT2D eigenvalue weighted by Crippen LogP contribution is 2.39. The maximum atomic E-state index is 12.2. The number of aromatic nitrogens is 8. The molecule has 36 heteroatoms. The number of rotatable bonds is 30. The number of anilines is 13. The SMILES string of the molecule is CCN(C)c1nc(OC2CCN(C)CC2)nc(Nc2cc(C(=O)NC)ccc2C)c1C#N.CCc1nc(NCC(C)(C)C)c(Br)c(Nc2cc(C(=O)NC)ccc2C)n1.CNC(=O)c1ccc(C)c(Nc2nc(NCCCN(C)C)nc(N(C)CC(C)(C)C)c2[N+](=O)[O-])c1.CNC(=O)c1ccc(C)c(Nc2nc(OC3CCN(C)CC3)nc(N(C)C)c2C#N)c1. The van der Waals surface area contributed by atoms with Crippen LogP contribution in [-0.4, -0.2) is 239 Å². The van der Waals surface area contributed by atoms with E-state index in [0.717, 1.165) is 122 Å². The minimum Gasteiger partial charge on any atom is -0.460 e. The van der Waals surface area contributed by atoms with Gasteiger partial charge in [-0.05, 0) is 199 Å². The van der Waals surface area contributed by atoms with Crippen molar-refractivity contribution in [1.82, 2.24) is 75.8 Å². The molecule has 0 atom stereocenters. The van der Waals surface area contributed by atoms with Gasteiger partial charge in [-0.15, -0.1) is 0 Å². The first-order valence-electron chi connectivity index (χ1n) is 41.7. The summed E-state index contributed by atoms with van der Waals surface area (Å²) in [5.41, 5.74) is 8.93. The molecule has 2 aliphatic heterocycles. The lowest BCUT2D eigenvalue weighted by Crippen LogP contribution is -2.36. The summed E-state index contributed by atoms with van der Waals surface area (Å²) in [5, 5.41) is 62.0. The molecule has 8 aromatic rings. The summed E-state index contributed by atoms with van der Waals surface area (Å²) >= 11 is 3.63. The van der Waals surface area contributed by atoms with Crippen LogP contribution in [0.15, 0.2) is 77.3 Å². The molecule has 4 aromatic heterocycles. The standard InChI is InChI=1S/C24H38N8O3.C23H31N7O2.C22H29N7O2.C20H28BrN5O/c1-16-10-11-17(22(33)25-5)14-18(16)27-20-19(32(34)35)21(31(8)15-24(2,3)4)29-23(28-20)26-12-9-13-30(6)7;1-6-30(5)21-18(14-24)20(26-19-13-16(22(31)25-3)8-7-15(19)2)27-23(28-21)32-17-9-11-29(4)12-10-17;1-14-6-7-15(21(30)24-2)12-18(14)25-19-17(13-23)20(28(3)4)27-22(26-19)31-16-8-10-29(5)11-9-16;1-7-15-25-17(23-11-20(3,4)5)16(21)18(26-15)24-14-10-13(19(27)22-6)9-8-12(14)2/h10-11,14H,9,12-13,15H2,1-8H3,(H,25,33)(H2,26,27,28,29);7-8,13,17H,6,9-12H2,1-5H3,(H,25,31)(H,26,27,28);6-7,12,16H,8-11H2,1-5H3,(H,24,30)(H,25,26,27);8-10H,7,11H2,1-6H3,(H,22,27)(H2,23,24,25,26). The van der Waals surface area contributed by atoms with Crippen molar-refractivity contribution in [1.29, 1.82) is 10.5 Å². The van der Waals surface area contributed by atoms with Crippen LogP contribution in [0.5, 0.6) is 12.0 Å². The number of nitrogens with zero attached hydrogens (tertiary/aromatic N) is 17. The summed E-state index contributed by atoms with van der Waals surface area (Å²) in [5.74, 6) is 3.71. The lowest BCUT2D eigenvalue weighted by Gasteiger charge is -2.29. The lowest BCUT2D eigenvalue weighted by molar-refractivity contribution is -0.383. The fourth-order valence-electron chi connectivity index (χ4n) is 12.9. The molecular weight excluding hydrogens is 1660 g/mol. The molecule has 0 radical (unpaired) electrons. The van der Waals surface area contributed by atoms with Crippen molar-refractivity contribution in [2.45, 2.75) is 134 Å². The number of benzene rings is 4. The molecule has 4 aromatic carbocycles. The molecule has 2 saturated heterocycles. The Hall–Kier alpha value is -12.4. The molecule has 2 aliphatic rings. The van der Waals surface area contributed by atoms with Crippen LogP contribution in [0.1, 0.15) is 168 Å². The smallest absolute Gasteiger partial charge is 0.353 e. The molecule has 10 rings (SSSR count). The molecule has 0 spiro atoms. The second-order valence-corrected chi connectivity index (χ2v) is 34.5. The van der Waals surface area contributed by atoms with Crippen LogP contribution in [0.3, 0.4) is 0 Å². The highest BCUT2D eigenvalue weighted by molar-refractivity contribution is 9.10. The molecule has 35 nitrogen and oxygen atoms in total. The number of ether oxygens (including phenoxy) is 2. The second kappa shape index (κ2) is 46.4. The van der Waals surface area contributed by atoms with E-state index in [9.17, 15) is 39.8 Å². The van der Waals surface area contributed by atoms with E-state index in [1.54, 1.807) is 87.5 Å². The van der Waals surface area contributed by atoms with Gasteiger partial charge in [0.25, 0.3) is 23.6 Å². The average molecular weight is 1780 g/mol. The van der Waals surface area contributed by atoms with Crippen LogP contribution < -0.4 is 77.3 Å². The number of carbonyl (C=O) groups is 4. The summed E-state index contributed by atoms with van der Waals surface area (Å²) in [6.45, 7) is 31.7. The summed E-state index contributed by atoms with van der Waals surface area (Å²) in [6.07, 6.45) is 5.24. The number of halogens is 1. The zero-order valence-corrected chi connectivity index (χ0v) is 78.5. The predicted octanol–water partition coefficient (Wildman–Crippen LogP) is 13.3. The van der Waals surface area contributed by atoms with E-state index in [2.05, 4.69) is 191 Å². The topological polar surface area (TPSA) is 420 Å². The van der Waals surface area contributed by atoms with Crippen LogP contribution >= 0.6 is 15.9 Å². The van der Waals surface area contributed by atoms with E-state index in [4.69, 9.17) is 9.47 Å². The zero-order chi connectivity index (χ0) is 92.3. The highest BCUT2D eigenvalue weighted by Gasteiger charge is 2.32. The fourth-order valence-corrected chi connectivity index (χ4v) is 13.3. The highest BCUT2D eigenvalue weighted by atomic mass is 79.9. The molecule has 0 bridgehead atoms. The first kappa shape index (κ1) is 99.7. The van der Waals surface area contributed by atoms with Gasteiger partial charge in [0.2, 0.25) is 17.6 Å². The van der Waals surface area contributed by atoms with Crippen molar-refractivity contribution in [3.63, 3.8) is 0 Å². The van der Waals surface area contributed by atoms with Gasteiger partial charge >= 0.3 is 17.7 Å². The number of hydrogen-bond acceptors (Lipinski definition) is 30. The first-order valence-corrected chi connectivity index (χ1v) is 42.5. The normalized spacial score (nSPS) is 12.9. The van der Waals surface area contributed by atoms with E-state index in [0.29, 0.717) is 105 Å². The predicted molar refractivity (Wildman–Crippen MR) is 501 cm³/mol. The molecule has 0 saturated carbocycles. The van der Waals surface area contributed by atoms with Crippen molar-refractivity contribution in [2.24, 2.45) is 10.8 Å². The molecular formula is C89H126BrN27O8. The lowest BCUT2D eigenvalue weighted by atomic mass is 9.96. The minimum absolute atomic E-state index is 0.0325. The molecule has 2 fully saturated rings. The molecule has 125 heavy (non-hydrogen) atoms. The zero-order valence-electron chi connectivity index (χ0n) is 76.9. The van der Waals surface area contributed by atoms with E-state index in [1.165, 1.54) is 0 Å². The summed E-state index contributed by atoms with van der Waals surface area (Å²) in [6, 6.07) is 26.3. The van der Waals surface area contributed by atoms with Gasteiger partial charge in [-0.3, -0.25) is 29.3 Å². The maximum Gasteiger partial charge on any atom is 0.353 e. The Morgan fingerprint density at radius 2 is 0.920 bits per heavy atom. The van der Waals surface area contributed by atoms with E-state index >= 15 is 0 Å². The Balaban J connectivity index is 0.000000230. The number of piperidine rings is 2. The van der Waals surface area contributed by atoms with Gasteiger partial charge in [0, 0.05) is 160 Å². The van der Waals surface area contributed by atoms with E-state index < -0.39 is 4.92 Å². The monoisotopic (exact) mass is 1780 g/mol. The number of nitriles is 2. The number of nitro groups is 1. The van der Waals surface area contributed by atoms with E-state index in [-0.39, 0.29) is 76.0 Å². The number of amides is 4. The average Bonchev–Trinajstić information content (AvgIpc) is 0.868. The second-order valence-electron chi connectivity index (χ2n) is 33.7. The van der Waals surface area contributed by atoms with Crippen LogP contribution in [0, 0.1) is 71.3 Å². The third-order valence-corrected chi connectivity index (χ3v) is 21.0. The van der Waals surface area contributed by atoms with Crippen molar-refractivity contribution < 1.29 is 33.6 Å². The van der Waals surface area contributed by atoms with Crippen LogP contribution in [0.2, 0.25) is 0 Å². The van der Waals surface area contributed by atoms with Crippen LogP contribution in [0.4, 0.5) is 80.9 Å². The molecule has 6 heterocycles. The number of hydrogen-bond donors (Lipinski definition) is 10. The Kier molecular flexibility index (Phi) is 37.0. The van der Waals surface area contributed by atoms with Gasteiger partial charge < -0.3 is 92.0 Å². The van der Waals surface area contributed by atoms with Crippen molar-refractivity contribution >= 4 is 120 Å². The Bertz CT molecular complexity index is 5140. The van der Waals surface area contributed by atoms with Crippen molar-refractivity contribution in [3.05, 3.63) is 149 Å². The van der Waals surface area contributed by atoms with Crippen molar-refractivity contribution in [2.75, 3.05) is 190 Å². The van der Waals surface area contributed by atoms with Gasteiger partial charge in [0.05, 0.1) is 4.92 Å².